The van der Waals surface area contributed by atoms with Gasteiger partial charge in [-0.25, -0.2) is 9.18 Å². The molecule has 0 saturated carbocycles. The number of hydrogen-bond donors (Lipinski definition) is 0. The largest absolute Gasteiger partial charge is 0.471 e. The molecule has 162 valence electrons. The summed E-state index contributed by atoms with van der Waals surface area (Å²) in [6, 6.07) is 16.4. The second-order valence-corrected chi connectivity index (χ2v) is 9.09. The molecular weight excluding hydrogens is 497 g/mol. The van der Waals surface area contributed by atoms with Gasteiger partial charge < -0.3 is 14.1 Å². The molecule has 3 aromatic carbocycles. The molecule has 0 aliphatic carbocycles. The third-order valence-corrected chi connectivity index (χ3v) is 6.54. The van der Waals surface area contributed by atoms with E-state index in [0.29, 0.717) is 50.6 Å². The van der Waals surface area contributed by atoms with Crippen molar-refractivity contribution in [2.75, 3.05) is 11.6 Å². The lowest BCUT2D eigenvalue weighted by Gasteiger charge is -2.32. The molecule has 0 saturated heterocycles. The first-order valence-corrected chi connectivity index (χ1v) is 11.2. The number of rotatable bonds is 3. The molecule has 1 aliphatic heterocycles. The monoisotopic (exact) mass is 513 g/mol. The van der Waals surface area contributed by atoms with Crippen LogP contribution in [0.2, 0.25) is 5.02 Å². The maximum Gasteiger partial charge on any atom is 0.340 e. The van der Waals surface area contributed by atoms with E-state index >= 15 is 0 Å². The maximum absolute atomic E-state index is 14.6. The first kappa shape index (κ1) is 21.0. The number of benzene rings is 3. The molecule has 0 atom stereocenters. The van der Waals surface area contributed by atoms with E-state index in [-0.39, 0.29) is 12.5 Å². The number of fused-ring (bicyclic) bond motifs is 3. The summed E-state index contributed by atoms with van der Waals surface area (Å²) in [5, 5.41) is 1.19. The molecule has 0 amide bonds. The van der Waals surface area contributed by atoms with E-state index in [1.165, 1.54) is 6.07 Å². The highest BCUT2D eigenvalue weighted by molar-refractivity contribution is 9.10. The third kappa shape index (κ3) is 3.67. The lowest BCUT2D eigenvalue weighted by atomic mass is 9.97. The van der Waals surface area contributed by atoms with Crippen LogP contribution in [0.5, 0.6) is 5.75 Å². The average molecular weight is 515 g/mol. The predicted molar refractivity (Wildman–Crippen MR) is 127 cm³/mol. The average Bonchev–Trinajstić information content (AvgIpc) is 2.78. The zero-order valence-corrected chi connectivity index (χ0v) is 19.5. The van der Waals surface area contributed by atoms with Crippen LogP contribution < -0.4 is 15.3 Å². The summed E-state index contributed by atoms with van der Waals surface area (Å²) >= 11 is 9.83. The molecule has 0 bridgehead atoms. The van der Waals surface area contributed by atoms with Crippen molar-refractivity contribution in [3.63, 3.8) is 0 Å². The Morgan fingerprint density at radius 1 is 1.16 bits per heavy atom. The number of halogens is 3. The summed E-state index contributed by atoms with van der Waals surface area (Å²) in [6.07, 6.45) is 0.465. The van der Waals surface area contributed by atoms with Crippen molar-refractivity contribution in [1.29, 1.82) is 0 Å². The maximum atomic E-state index is 14.6. The van der Waals surface area contributed by atoms with Crippen molar-refractivity contribution in [3.05, 3.63) is 103 Å². The SMILES string of the molecule is Cc1c(Cc2ccccc2)c(=O)oc2c3c(c(Cl)cc12)OCN(c1ccc(Br)cc1F)C3. The Morgan fingerprint density at radius 3 is 2.69 bits per heavy atom. The number of nitrogens with zero attached hydrogens (tertiary/aromatic N) is 1. The topological polar surface area (TPSA) is 42.7 Å². The number of ether oxygens (including phenoxy) is 1. The van der Waals surface area contributed by atoms with Gasteiger partial charge in [-0.3, -0.25) is 0 Å². The van der Waals surface area contributed by atoms with Crippen LogP contribution in [0.25, 0.3) is 11.0 Å². The Balaban J connectivity index is 1.62. The van der Waals surface area contributed by atoms with Gasteiger partial charge in [0, 0.05) is 21.8 Å². The Labute approximate surface area is 197 Å². The van der Waals surface area contributed by atoms with E-state index in [2.05, 4.69) is 15.9 Å². The van der Waals surface area contributed by atoms with Crippen molar-refractivity contribution in [1.82, 2.24) is 0 Å². The molecule has 0 fully saturated rings. The van der Waals surface area contributed by atoms with Crippen LogP contribution >= 0.6 is 27.5 Å². The molecule has 1 aromatic heterocycles. The molecule has 0 spiro atoms. The van der Waals surface area contributed by atoms with Crippen molar-refractivity contribution in [3.8, 4) is 5.75 Å². The number of aryl methyl sites for hydroxylation is 1. The Bertz CT molecular complexity index is 1400. The minimum absolute atomic E-state index is 0.131. The van der Waals surface area contributed by atoms with Gasteiger partial charge in [0.2, 0.25) is 0 Å². The highest BCUT2D eigenvalue weighted by Crippen LogP contribution is 2.41. The van der Waals surface area contributed by atoms with E-state index < -0.39 is 5.63 Å². The van der Waals surface area contributed by atoms with E-state index in [4.69, 9.17) is 20.8 Å². The van der Waals surface area contributed by atoms with Gasteiger partial charge in [0.15, 0.2) is 6.73 Å². The van der Waals surface area contributed by atoms with Crippen LogP contribution in [0.15, 0.2) is 68.3 Å². The molecule has 0 unspecified atom stereocenters. The highest BCUT2D eigenvalue weighted by atomic mass is 79.9. The summed E-state index contributed by atoms with van der Waals surface area (Å²) in [5.74, 6) is 0.0897. The van der Waals surface area contributed by atoms with E-state index in [9.17, 15) is 9.18 Å². The first-order valence-electron chi connectivity index (χ1n) is 10.1. The van der Waals surface area contributed by atoms with Gasteiger partial charge in [-0.2, -0.15) is 0 Å². The molecule has 32 heavy (non-hydrogen) atoms. The molecule has 4 aromatic rings. The van der Waals surface area contributed by atoms with Gasteiger partial charge in [-0.05, 0) is 42.3 Å². The Hall–Kier alpha value is -2.83. The fourth-order valence-corrected chi connectivity index (χ4v) is 4.72. The second kappa shape index (κ2) is 8.26. The Morgan fingerprint density at radius 2 is 1.94 bits per heavy atom. The minimum atomic E-state index is -0.393. The summed E-state index contributed by atoms with van der Waals surface area (Å²) in [4.78, 5) is 14.7. The van der Waals surface area contributed by atoms with E-state index in [0.717, 1.165) is 16.5 Å². The smallest absolute Gasteiger partial charge is 0.340 e. The van der Waals surface area contributed by atoms with Crippen LogP contribution in [0.1, 0.15) is 22.3 Å². The van der Waals surface area contributed by atoms with Crippen LogP contribution in [0, 0.1) is 12.7 Å². The minimum Gasteiger partial charge on any atom is -0.471 e. The van der Waals surface area contributed by atoms with Gasteiger partial charge >= 0.3 is 5.63 Å². The van der Waals surface area contributed by atoms with Gasteiger partial charge in [0.05, 0.1) is 22.8 Å². The predicted octanol–water partition coefficient (Wildman–Crippen LogP) is 6.60. The third-order valence-electron chi connectivity index (χ3n) is 5.77. The summed E-state index contributed by atoms with van der Waals surface area (Å²) in [5.41, 5.74) is 3.48. The molecule has 0 radical (unpaired) electrons. The Kier molecular flexibility index (Phi) is 5.43. The summed E-state index contributed by atoms with van der Waals surface area (Å²) < 4.78 is 26.9. The van der Waals surface area contributed by atoms with Crippen LogP contribution in [-0.4, -0.2) is 6.73 Å². The molecule has 7 heteroatoms. The van der Waals surface area contributed by atoms with Crippen molar-refractivity contribution < 1.29 is 13.5 Å². The van der Waals surface area contributed by atoms with Gasteiger partial charge in [-0.15, -0.1) is 0 Å². The van der Waals surface area contributed by atoms with Crippen molar-refractivity contribution >= 4 is 44.2 Å². The quantitative estimate of drug-likeness (QED) is 0.289. The fraction of sp³-hybridized carbons (Fsp3) is 0.160. The summed E-state index contributed by atoms with van der Waals surface area (Å²) in [6.45, 7) is 2.33. The van der Waals surface area contributed by atoms with Gasteiger partial charge in [-0.1, -0.05) is 57.9 Å². The zero-order valence-electron chi connectivity index (χ0n) is 17.1. The molecule has 4 nitrogen and oxygen atoms in total. The lowest BCUT2D eigenvalue weighted by Crippen LogP contribution is -2.33. The molecule has 0 N–H and O–H groups in total. The van der Waals surface area contributed by atoms with Crippen LogP contribution in [-0.2, 0) is 13.0 Å². The molecule has 2 heterocycles. The number of hydrogen-bond acceptors (Lipinski definition) is 4. The number of anilines is 1. The van der Waals surface area contributed by atoms with Crippen LogP contribution in [0.3, 0.4) is 0 Å². The summed E-state index contributed by atoms with van der Waals surface area (Å²) in [7, 11) is 0. The highest BCUT2D eigenvalue weighted by Gasteiger charge is 2.27. The van der Waals surface area contributed by atoms with Crippen molar-refractivity contribution in [2.45, 2.75) is 19.9 Å². The fourth-order valence-electron chi connectivity index (χ4n) is 4.11. The van der Waals surface area contributed by atoms with Gasteiger partial charge in [0.25, 0.3) is 0 Å². The van der Waals surface area contributed by atoms with Crippen molar-refractivity contribution in [2.24, 2.45) is 0 Å². The second-order valence-electron chi connectivity index (χ2n) is 7.77. The molecule has 5 rings (SSSR count). The van der Waals surface area contributed by atoms with Gasteiger partial charge in [0.1, 0.15) is 17.1 Å². The molecule has 1 aliphatic rings. The van der Waals surface area contributed by atoms with E-state index in [1.54, 1.807) is 23.1 Å². The standard InChI is InChI=1S/C25H18BrClFNO3/c1-14-17-11-20(27)24-19(12-29(13-31-24)22-8-7-16(26)10-21(22)28)23(17)32-25(30)18(14)9-15-5-3-2-4-6-15/h2-8,10-11H,9,12-13H2,1H3. The zero-order chi connectivity index (χ0) is 22.4. The normalized spacial score (nSPS) is 13.2. The van der Waals surface area contributed by atoms with Crippen LogP contribution in [0.4, 0.5) is 10.1 Å². The lowest BCUT2D eigenvalue weighted by molar-refractivity contribution is 0.287. The van der Waals surface area contributed by atoms with E-state index in [1.807, 2.05) is 37.3 Å². The first-order chi connectivity index (χ1) is 15.4. The molecular formula is C25H18BrClFNO3.